The minimum atomic E-state index is -1.48. The molecule has 1 aromatic rings. The summed E-state index contributed by atoms with van der Waals surface area (Å²) in [6.07, 6.45) is 0. The van der Waals surface area contributed by atoms with E-state index >= 15 is 0 Å². The lowest BCUT2D eigenvalue weighted by molar-refractivity contribution is -0.129. The molecule has 0 heterocycles. The molecule has 4 N–H and O–H groups in total. The molecule has 0 unspecified atom stereocenters. The van der Waals surface area contributed by atoms with E-state index in [-0.39, 0.29) is 5.56 Å². The topological polar surface area (TPSA) is 105 Å². The highest BCUT2D eigenvalue weighted by Crippen LogP contribution is 2.05. The van der Waals surface area contributed by atoms with Gasteiger partial charge in [0.2, 0.25) is 5.84 Å². The van der Waals surface area contributed by atoms with Gasteiger partial charge in [0.15, 0.2) is 0 Å². The Labute approximate surface area is 89.6 Å². The van der Waals surface area contributed by atoms with Gasteiger partial charge < -0.3 is 10.8 Å². The molecule has 84 valence electrons. The summed E-state index contributed by atoms with van der Waals surface area (Å²) in [5.74, 6) is -3.87. The molecule has 0 aliphatic rings. The summed E-state index contributed by atoms with van der Waals surface area (Å²) >= 11 is 0. The van der Waals surface area contributed by atoms with Crippen molar-refractivity contribution in [1.29, 1.82) is 0 Å². The monoisotopic (exact) mass is 225 g/mol. The minimum Gasteiger partial charge on any atom is -0.475 e. The fourth-order valence-electron chi connectivity index (χ4n) is 0.864. The summed E-state index contributed by atoms with van der Waals surface area (Å²) in [6.45, 7) is 0. The van der Waals surface area contributed by atoms with Crippen molar-refractivity contribution in [2.45, 2.75) is 0 Å². The summed E-state index contributed by atoms with van der Waals surface area (Å²) < 4.78 is 13.1. The first kappa shape index (κ1) is 11.6. The van der Waals surface area contributed by atoms with Crippen LogP contribution in [0.1, 0.15) is 10.4 Å². The van der Waals surface area contributed by atoms with Crippen LogP contribution in [0.15, 0.2) is 29.4 Å². The van der Waals surface area contributed by atoms with Gasteiger partial charge in [0, 0.05) is 0 Å². The van der Waals surface area contributed by atoms with E-state index in [1.165, 1.54) is 18.2 Å². The van der Waals surface area contributed by atoms with Crippen LogP contribution < -0.4 is 11.2 Å². The Bertz CT molecular complexity index is 459. The van der Waals surface area contributed by atoms with Gasteiger partial charge >= 0.3 is 5.97 Å². The van der Waals surface area contributed by atoms with Gasteiger partial charge in [-0.1, -0.05) is 12.1 Å². The molecule has 1 amide bonds. The first-order valence-corrected chi connectivity index (χ1v) is 4.13. The zero-order valence-corrected chi connectivity index (χ0v) is 7.98. The van der Waals surface area contributed by atoms with Gasteiger partial charge in [0.1, 0.15) is 5.82 Å². The van der Waals surface area contributed by atoms with Crippen LogP contribution >= 0.6 is 0 Å². The Morgan fingerprint density at radius 1 is 1.38 bits per heavy atom. The number of rotatable bonds is 2. The second kappa shape index (κ2) is 4.87. The highest BCUT2D eigenvalue weighted by molar-refractivity contribution is 6.33. The number of amides is 1. The van der Waals surface area contributed by atoms with Crippen molar-refractivity contribution in [3.8, 4) is 0 Å². The molecule has 6 nitrogen and oxygen atoms in total. The third kappa shape index (κ3) is 2.77. The lowest BCUT2D eigenvalue weighted by atomic mass is 10.2. The van der Waals surface area contributed by atoms with Gasteiger partial charge in [0.25, 0.3) is 5.91 Å². The molecule has 0 saturated heterocycles. The number of benzene rings is 1. The van der Waals surface area contributed by atoms with Crippen molar-refractivity contribution in [2.75, 3.05) is 0 Å². The lowest BCUT2D eigenvalue weighted by Crippen LogP contribution is -2.29. The summed E-state index contributed by atoms with van der Waals surface area (Å²) in [6, 6.07) is 5.21. The van der Waals surface area contributed by atoms with Crippen LogP contribution in [-0.4, -0.2) is 22.8 Å². The first-order chi connectivity index (χ1) is 7.52. The van der Waals surface area contributed by atoms with Crippen LogP contribution in [0.4, 0.5) is 4.39 Å². The average Bonchev–Trinajstić information content (AvgIpc) is 2.25. The number of carboxylic acid groups (broad SMARTS) is 1. The molecule has 0 spiro atoms. The normalized spacial score (nSPS) is 10.9. The van der Waals surface area contributed by atoms with E-state index in [0.29, 0.717) is 0 Å². The molecule has 0 atom stereocenters. The van der Waals surface area contributed by atoms with Crippen LogP contribution in [0.3, 0.4) is 0 Å². The zero-order chi connectivity index (χ0) is 12.1. The molecule has 0 bridgehead atoms. The summed E-state index contributed by atoms with van der Waals surface area (Å²) in [4.78, 5) is 21.5. The van der Waals surface area contributed by atoms with Crippen LogP contribution in [0.2, 0.25) is 0 Å². The molecule has 16 heavy (non-hydrogen) atoms. The molecular weight excluding hydrogens is 217 g/mol. The van der Waals surface area contributed by atoms with Crippen molar-refractivity contribution < 1.29 is 19.1 Å². The standard InChI is InChI=1S/C9H8FN3O3/c10-6-4-2-1-3-5(6)8(14)13-12-7(11)9(15)16/h1-4H,(H2,11,12)(H,13,14)(H,15,16). The Morgan fingerprint density at radius 2 is 2.00 bits per heavy atom. The molecule has 1 rings (SSSR count). The number of halogens is 1. The van der Waals surface area contributed by atoms with Gasteiger partial charge in [-0.2, -0.15) is 0 Å². The third-order valence-corrected chi connectivity index (χ3v) is 1.62. The number of hydrogen-bond donors (Lipinski definition) is 3. The number of nitrogens with zero attached hydrogens (tertiary/aromatic N) is 1. The molecule has 0 saturated carbocycles. The predicted octanol–water partition coefficient (Wildman–Crippen LogP) is -0.0877. The second-order valence-corrected chi connectivity index (χ2v) is 2.72. The van der Waals surface area contributed by atoms with Crippen molar-refractivity contribution in [2.24, 2.45) is 10.8 Å². The lowest BCUT2D eigenvalue weighted by Gasteiger charge is -2.01. The number of carbonyl (C=O) groups is 2. The van der Waals surface area contributed by atoms with E-state index in [2.05, 4.69) is 5.10 Å². The number of hydrazone groups is 1. The molecule has 0 aliphatic carbocycles. The molecule has 0 fully saturated rings. The number of carboxylic acids is 1. The van der Waals surface area contributed by atoms with Crippen molar-refractivity contribution in [3.63, 3.8) is 0 Å². The smallest absolute Gasteiger partial charge is 0.373 e. The van der Waals surface area contributed by atoms with Crippen LogP contribution in [-0.2, 0) is 4.79 Å². The highest BCUT2D eigenvalue weighted by atomic mass is 19.1. The maximum absolute atomic E-state index is 13.1. The van der Waals surface area contributed by atoms with E-state index < -0.39 is 23.5 Å². The van der Waals surface area contributed by atoms with Crippen molar-refractivity contribution in [1.82, 2.24) is 5.43 Å². The Morgan fingerprint density at radius 3 is 2.56 bits per heavy atom. The van der Waals surface area contributed by atoms with E-state index in [0.717, 1.165) is 6.07 Å². The maximum atomic E-state index is 13.1. The maximum Gasteiger partial charge on any atom is 0.373 e. The predicted molar refractivity (Wildman–Crippen MR) is 53.1 cm³/mol. The van der Waals surface area contributed by atoms with Gasteiger partial charge in [-0.15, -0.1) is 5.10 Å². The van der Waals surface area contributed by atoms with Gasteiger partial charge in [-0.05, 0) is 12.1 Å². The van der Waals surface area contributed by atoms with Crippen molar-refractivity contribution in [3.05, 3.63) is 35.6 Å². The first-order valence-electron chi connectivity index (χ1n) is 4.13. The van der Waals surface area contributed by atoms with Gasteiger partial charge in [-0.25, -0.2) is 14.6 Å². The van der Waals surface area contributed by atoms with E-state index in [4.69, 9.17) is 10.8 Å². The zero-order valence-electron chi connectivity index (χ0n) is 7.98. The van der Waals surface area contributed by atoms with Crippen LogP contribution in [0.5, 0.6) is 0 Å². The molecule has 0 aliphatic heterocycles. The molecule has 7 heteroatoms. The Hall–Kier alpha value is -2.44. The largest absolute Gasteiger partial charge is 0.475 e. The molecule has 0 aromatic heterocycles. The number of amidine groups is 1. The second-order valence-electron chi connectivity index (χ2n) is 2.72. The number of hydrogen-bond acceptors (Lipinski definition) is 3. The Balaban J connectivity index is 2.78. The average molecular weight is 225 g/mol. The molecule has 0 radical (unpaired) electrons. The fourth-order valence-corrected chi connectivity index (χ4v) is 0.864. The van der Waals surface area contributed by atoms with Gasteiger partial charge in [-0.3, -0.25) is 4.79 Å². The summed E-state index contributed by atoms with van der Waals surface area (Å²) in [7, 11) is 0. The Kier molecular flexibility index (Phi) is 3.54. The van der Waals surface area contributed by atoms with E-state index in [9.17, 15) is 14.0 Å². The molecular formula is C9H8FN3O3. The van der Waals surface area contributed by atoms with Gasteiger partial charge in [0.05, 0.1) is 5.56 Å². The van der Waals surface area contributed by atoms with E-state index in [1.54, 1.807) is 0 Å². The van der Waals surface area contributed by atoms with Crippen LogP contribution in [0, 0.1) is 5.82 Å². The van der Waals surface area contributed by atoms with Crippen molar-refractivity contribution >= 4 is 17.7 Å². The van der Waals surface area contributed by atoms with E-state index in [1.807, 2.05) is 5.43 Å². The van der Waals surface area contributed by atoms with Crippen LogP contribution in [0.25, 0.3) is 0 Å². The summed E-state index contributed by atoms with van der Waals surface area (Å²) in [5.41, 5.74) is 6.50. The third-order valence-electron chi connectivity index (χ3n) is 1.62. The minimum absolute atomic E-state index is 0.246. The fraction of sp³-hybridized carbons (Fsp3) is 0. The number of aliphatic carboxylic acids is 1. The number of nitrogens with one attached hydrogen (secondary N) is 1. The number of carbonyl (C=O) groups excluding carboxylic acids is 1. The quantitative estimate of drug-likeness (QED) is 0.371. The molecule has 1 aromatic carbocycles. The SMILES string of the molecule is N/C(=N\NC(=O)c1ccccc1F)C(=O)O. The number of nitrogens with two attached hydrogens (primary N) is 1. The summed E-state index contributed by atoms with van der Waals surface area (Å²) in [5, 5.41) is 11.4. The highest BCUT2D eigenvalue weighted by Gasteiger charge is 2.10.